The zero-order valence-corrected chi connectivity index (χ0v) is 13.1. The summed E-state index contributed by atoms with van der Waals surface area (Å²) in [6.07, 6.45) is 2.94. The highest BCUT2D eigenvalue weighted by atomic mass is 16.3. The molecule has 2 amide bonds. The Hall–Kier alpha value is -2.89. The number of nitrogens with one attached hydrogen (secondary N) is 2. The van der Waals surface area contributed by atoms with Crippen molar-refractivity contribution in [2.24, 2.45) is 5.10 Å². The van der Waals surface area contributed by atoms with Gasteiger partial charge >= 0.3 is 0 Å². The lowest BCUT2D eigenvalue weighted by Gasteiger charge is -2.04. The molecule has 0 saturated carbocycles. The van der Waals surface area contributed by atoms with Gasteiger partial charge in [-0.25, -0.2) is 5.43 Å². The quantitative estimate of drug-likeness (QED) is 0.634. The topological polar surface area (TPSA) is 83.7 Å². The lowest BCUT2D eigenvalue weighted by atomic mass is 10.0. The summed E-state index contributed by atoms with van der Waals surface area (Å²) in [7, 11) is 0. The highest BCUT2D eigenvalue weighted by Crippen LogP contribution is 2.13. The summed E-state index contributed by atoms with van der Waals surface area (Å²) in [5.41, 5.74) is 4.48. The summed E-state index contributed by atoms with van der Waals surface area (Å²) in [4.78, 5) is 23.1. The molecule has 6 nitrogen and oxygen atoms in total. The van der Waals surface area contributed by atoms with Crippen molar-refractivity contribution in [1.82, 2.24) is 10.7 Å². The Morgan fingerprint density at radius 3 is 2.57 bits per heavy atom. The van der Waals surface area contributed by atoms with Crippen molar-refractivity contribution in [2.75, 3.05) is 6.54 Å². The number of hydrazone groups is 1. The van der Waals surface area contributed by atoms with E-state index in [1.165, 1.54) is 17.9 Å². The average molecular weight is 313 g/mol. The molecule has 1 aromatic carbocycles. The van der Waals surface area contributed by atoms with E-state index in [0.717, 1.165) is 5.56 Å². The van der Waals surface area contributed by atoms with Gasteiger partial charge in [0.2, 0.25) is 0 Å². The van der Waals surface area contributed by atoms with Crippen LogP contribution in [0.1, 0.15) is 41.4 Å². The normalized spacial score (nSPS) is 10.9. The van der Waals surface area contributed by atoms with Gasteiger partial charge in [0, 0.05) is 0 Å². The van der Waals surface area contributed by atoms with Crippen LogP contribution in [0.15, 0.2) is 52.2 Å². The van der Waals surface area contributed by atoms with Crippen LogP contribution in [0.2, 0.25) is 0 Å². The maximum atomic E-state index is 11.6. The number of hydrogen-bond acceptors (Lipinski definition) is 4. The van der Waals surface area contributed by atoms with E-state index in [0.29, 0.717) is 5.92 Å². The molecule has 6 heteroatoms. The molecule has 0 bridgehead atoms. The van der Waals surface area contributed by atoms with E-state index in [1.54, 1.807) is 12.3 Å². The van der Waals surface area contributed by atoms with Gasteiger partial charge < -0.3 is 9.73 Å². The van der Waals surface area contributed by atoms with Crippen LogP contribution in [-0.2, 0) is 4.79 Å². The summed E-state index contributed by atoms with van der Waals surface area (Å²) in [6.45, 7) is 4.07. The van der Waals surface area contributed by atoms with Gasteiger partial charge in [0.1, 0.15) is 0 Å². The SMILES string of the molecule is CC(C)c1ccc(/C=N/NC(=O)CNC(=O)c2ccco2)cc1. The smallest absolute Gasteiger partial charge is 0.287 e. The number of carbonyl (C=O) groups excluding carboxylic acids is 2. The molecule has 2 aromatic rings. The number of nitrogens with zero attached hydrogens (tertiary/aromatic N) is 1. The third-order valence-electron chi connectivity index (χ3n) is 3.16. The van der Waals surface area contributed by atoms with Crippen molar-refractivity contribution >= 4 is 18.0 Å². The fourth-order valence-corrected chi connectivity index (χ4v) is 1.84. The second-order valence-electron chi connectivity index (χ2n) is 5.27. The van der Waals surface area contributed by atoms with E-state index < -0.39 is 11.8 Å². The number of rotatable bonds is 6. The fourth-order valence-electron chi connectivity index (χ4n) is 1.84. The van der Waals surface area contributed by atoms with E-state index in [2.05, 4.69) is 29.7 Å². The monoisotopic (exact) mass is 313 g/mol. The Morgan fingerprint density at radius 2 is 1.96 bits per heavy atom. The maximum Gasteiger partial charge on any atom is 0.287 e. The van der Waals surface area contributed by atoms with E-state index in [4.69, 9.17) is 4.42 Å². The average Bonchev–Trinajstić information content (AvgIpc) is 3.07. The summed E-state index contributed by atoms with van der Waals surface area (Å²) in [5.74, 6) is -0.233. The number of amides is 2. The molecular formula is C17H19N3O3. The van der Waals surface area contributed by atoms with Crippen LogP contribution >= 0.6 is 0 Å². The van der Waals surface area contributed by atoms with Gasteiger partial charge in [-0.15, -0.1) is 0 Å². The Bertz CT molecular complexity index is 674. The van der Waals surface area contributed by atoms with Crippen LogP contribution in [-0.4, -0.2) is 24.6 Å². The van der Waals surface area contributed by atoms with Crippen molar-refractivity contribution in [3.05, 3.63) is 59.5 Å². The Balaban J connectivity index is 1.76. The van der Waals surface area contributed by atoms with E-state index in [-0.39, 0.29) is 12.3 Å². The lowest BCUT2D eigenvalue weighted by Crippen LogP contribution is -2.34. The summed E-state index contributed by atoms with van der Waals surface area (Å²) < 4.78 is 4.92. The number of carbonyl (C=O) groups is 2. The largest absolute Gasteiger partial charge is 0.459 e. The fraction of sp³-hybridized carbons (Fsp3) is 0.235. The molecule has 0 aliphatic heterocycles. The van der Waals surface area contributed by atoms with Gasteiger partial charge in [-0.2, -0.15) is 5.10 Å². The van der Waals surface area contributed by atoms with E-state index in [1.807, 2.05) is 24.3 Å². The molecule has 0 fully saturated rings. The highest BCUT2D eigenvalue weighted by molar-refractivity contribution is 5.94. The third-order valence-corrected chi connectivity index (χ3v) is 3.16. The van der Waals surface area contributed by atoms with Gasteiger partial charge in [0.05, 0.1) is 19.0 Å². The van der Waals surface area contributed by atoms with Crippen molar-refractivity contribution in [3.63, 3.8) is 0 Å². The predicted molar refractivity (Wildman–Crippen MR) is 87.3 cm³/mol. The van der Waals surface area contributed by atoms with Gasteiger partial charge in [-0.1, -0.05) is 38.1 Å². The maximum absolute atomic E-state index is 11.6. The summed E-state index contributed by atoms with van der Waals surface area (Å²) >= 11 is 0. The zero-order valence-electron chi connectivity index (χ0n) is 13.1. The standard InChI is InChI=1S/C17H19N3O3/c1-12(2)14-7-5-13(6-8-14)10-19-20-16(21)11-18-17(22)15-4-3-9-23-15/h3-10,12H,11H2,1-2H3,(H,18,22)(H,20,21)/b19-10+. The molecule has 0 saturated heterocycles. The van der Waals surface area contributed by atoms with Crippen molar-refractivity contribution < 1.29 is 14.0 Å². The molecular weight excluding hydrogens is 294 g/mol. The van der Waals surface area contributed by atoms with Gasteiger partial charge in [-0.3, -0.25) is 9.59 Å². The predicted octanol–water partition coefficient (Wildman–Crippen LogP) is 2.28. The molecule has 0 unspecified atom stereocenters. The van der Waals surface area contributed by atoms with Crippen molar-refractivity contribution in [2.45, 2.75) is 19.8 Å². The van der Waals surface area contributed by atoms with Crippen LogP contribution in [0.5, 0.6) is 0 Å². The first-order chi connectivity index (χ1) is 11.1. The molecule has 2 rings (SSSR count). The number of benzene rings is 1. The van der Waals surface area contributed by atoms with Crippen LogP contribution in [0.4, 0.5) is 0 Å². The highest BCUT2D eigenvalue weighted by Gasteiger charge is 2.09. The minimum atomic E-state index is -0.446. The molecule has 0 aliphatic rings. The first-order valence-corrected chi connectivity index (χ1v) is 7.30. The number of hydrogen-bond donors (Lipinski definition) is 2. The molecule has 0 aliphatic carbocycles. The van der Waals surface area contributed by atoms with Crippen molar-refractivity contribution in [3.8, 4) is 0 Å². The second-order valence-corrected chi connectivity index (χ2v) is 5.27. The van der Waals surface area contributed by atoms with Gasteiger partial charge in [0.25, 0.3) is 11.8 Å². The molecule has 120 valence electrons. The van der Waals surface area contributed by atoms with E-state index >= 15 is 0 Å². The van der Waals surface area contributed by atoms with Crippen molar-refractivity contribution in [1.29, 1.82) is 0 Å². The first kappa shape index (κ1) is 16.5. The van der Waals surface area contributed by atoms with Crippen LogP contribution in [0, 0.1) is 0 Å². The zero-order chi connectivity index (χ0) is 16.7. The first-order valence-electron chi connectivity index (χ1n) is 7.30. The molecule has 0 atom stereocenters. The van der Waals surface area contributed by atoms with Crippen LogP contribution in [0.3, 0.4) is 0 Å². The van der Waals surface area contributed by atoms with Gasteiger partial charge in [0.15, 0.2) is 5.76 Å². The minimum Gasteiger partial charge on any atom is -0.459 e. The molecule has 2 N–H and O–H groups in total. The van der Waals surface area contributed by atoms with Crippen LogP contribution in [0.25, 0.3) is 0 Å². The third kappa shape index (κ3) is 5.10. The molecule has 1 aromatic heterocycles. The minimum absolute atomic E-state index is 0.159. The van der Waals surface area contributed by atoms with Crippen LogP contribution < -0.4 is 10.7 Å². The second kappa shape index (κ2) is 7.93. The Morgan fingerprint density at radius 1 is 1.22 bits per heavy atom. The number of furan rings is 1. The molecule has 0 radical (unpaired) electrons. The molecule has 0 spiro atoms. The lowest BCUT2D eigenvalue weighted by molar-refractivity contribution is -0.120. The van der Waals surface area contributed by atoms with E-state index in [9.17, 15) is 9.59 Å². The summed E-state index contributed by atoms with van der Waals surface area (Å²) in [5, 5.41) is 6.29. The molecule has 1 heterocycles. The Labute approximate surface area is 134 Å². The van der Waals surface area contributed by atoms with Gasteiger partial charge in [-0.05, 0) is 29.2 Å². The summed E-state index contributed by atoms with van der Waals surface area (Å²) in [6, 6.07) is 11.0. The Kier molecular flexibility index (Phi) is 5.68. The molecule has 23 heavy (non-hydrogen) atoms.